The Hall–Kier alpha value is -1.48. The molecule has 0 radical (unpaired) electrons. The Morgan fingerprint density at radius 2 is 2.00 bits per heavy atom. The average molecular weight is 419 g/mol. The minimum Gasteiger partial charge on any atom is -0.464 e. The first kappa shape index (κ1) is 22.6. The Morgan fingerprint density at radius 1 is 1.35 bits per heavy atom. The van der Waals surface area contributed by atoms with Gasteiger partial charge in [-0.3, -0.25) is 14.5 Å². The van der Waals surface area contributed by atoms with E-state index in [0.717, 1.165) is 0 Å². The van der Waals surface area contributed by atoms with Crippen LogP contribution in [0.1, 0.15) is 12.0 Å². The highest BCUT2D eigenvalue weighted by atomic mass is 35.5. The van der Waals surface area contributed by atoms with E-state index in [-0.39, 0.29) is 43.1 Å². The number of nitrogens with zero attached hydrogens (tertiary/aromatic N) is 2. The number of rotatable bonds is 7. The van der Waals surface area contributed by atoms with Crippen LogP contribution in [0.5, 0.6) is 0 Å². The molecule has 1 aromatic carbocycles. The maximum Gasteiger partial charge on any atom is 0.307 e. The van der Waals surface area contributed by atoms with Crippen molar-refractivity contribution in [2.45, 2.75) is 6.42 Å². The number of thiocarbonyl (C=S) groups is 1. The van der Waals surface area contributed by atoms with Crippen LogP contribution in [-0.4, -0.2) is 59.8 Å². The minimum absolute atomic E-state index is 0. The van der Waals surface area contributed by atoms with Crippen LogP contribution in [0.15, 0.2) is 29.2 Å². The highest BCUT2D eigenvalue weighted by Crippen LogP contribution is 2.32. The summed E-state index contributed by atoms with van der Waals surface area (Å²) in [5, 5.41) is 0. The molecule has 1 aliphatic heterocycles. The fourth-order valence-corrected chi connectivity index (χ4v) is 3.33. The zero-order valence-electron chi connectivity index (χ0n) is 14.4. The second kappa shape index (κ2) is 10.6. The third-order valence-corrected chi connectivity index (χ3v) is 4.76. The van der Waals surface area contributed by atoms with Crippen molar-refractivity contribution < 1.29 is 18.7 Å². The molecule has 2 rings (SSSR count). The zero-order chi connectivity index (χ0) is 18.4. The van der Waals surface area contributed by atoms with Crippen molar-refractivity contribution in [3.05, 3.63) is 40.6 Å². The molecule has 26 heavy (non-hydrogen) atoms. The maximum absolute atomic E-state index is 12.9. The van der Waals surface area contributed by atoms with Crippen molar-refractivity contribution in [3.8, 4) is 0 Å². The molecule has 0 unspecified atom stereocenters. The van der Waals surface area contributed by atoms with E-state index in [2.05, 4.69) is 0 Å². The van der Waals surface area contributed by atoms with Crippen molar-refractivity contribution in [2.24, 2.45) is 0 Å². The number of amides is 1. The van der Waals surface area contributed by atoms with Gasteiger partial charge >= 0.3 is 5.97 Å². The Bertz CT molecular complexity index is 696. The monoisotopic (exact) mass is 418 g/mol. The van der Waals surface area contributed by atoms with Gasteiger partial charge in [0.25, 0.3) is 5.91 Å². The third kappa shape index (κ3) is 6.68. The summed E-state index contributed by atoms with van der Waals surface area (Å²) in [5.41, 5.74) is 0.713. The largest absolute Gasteiger partial charge is 0.464 e. The number of esters is 1. The van der Waals surface area contributed by atoms with Crippen LogP contribution in [0.3, 0.4) is 0 Å². The summed E-state index contributed by atoms with van der Waals surface area (Å²) in [5.74, 6) is -0.948. The summed E-state index contributed by atoms with van der Waals surface area (Å²) in [4.78, 5) is 27.9. The predicted molar refractivity (Wildman–Crippen MR) is 108 cm³/mol. The average Bonchev–Trinajstić information content (AvgIpc) is 2.81. The van der Waals surface area contributed by atoms with Crippen LogP contribution < -0.4 is 0 Å². The molecular formula is C17H20ClFN2O3S2. The number of carbonyl (C=O) groups is 2. The van der Waals surface area contributed by atoms with E-state index in [0.29, 0.717) is 27.9 Å². The lowest BCUT2D eigenvalue weighted by Crippen LogP contribution is -2.31. The van der Waals surface area contributed by atoms with Crippen molar-refractivity contribution >= 4 is 58.7 Å². The van der Waals surface area contributed by atoms with Gasteiger partial charge in [0.2, 0.25) is 0 Å². The van der Waals surface area contributed by atoms with Crippen molar-refractivity contribution in [3.63, 3.8) is 0 Å². The highest BCUT2D eigenvalue weighted by Gasteiger charge is 2.32. The van der Waals surface area contributed by atoms with Gasteiger partial charge in [-0.05, 0) is 37.9 Å². The van der Waals surface area contributed by atoms with Gasteiger partial charge in [0.05, 0.1) is 11.3 Å². The topological polar surface area (TPSA) is 49.9 Å². The first-order valence-corrected chi connectivity index (χ1v) is 8.90. The van der Waals surface area contributed by atoms with Crippen LogP contribution in [0.4, 0.5) is 4.39 Å². The number of hydrogen-bond donors (Lipinski definition) is 0. The molecule has 1 saturated heterocycles. The first-order chi connectivity index (χ1) is 11.9. The molecule has 0 aliphatic carbocycles. The van der Waals surface area contributed by atoms with E-state index in [4.69, 9.17) is 17.0 Å². The van der Waals surface area contributed by atoms with Crippen LogP contribution in [0, 0.1) is 5.82 Å². The molecule has 1 fully saturated rings. The Labute approximate surface area is 168 Å². The molecule has 1 aromatic rings. The molecule has 1 heterocycles. The molecule has 0 aromatic heterocycles. The van der Waals surface area contributed by atoms with Gasteiger partial charge in [-0.2, -0.15) is 0 Å². The Morgan fingerprint density at radius 3 is 2.62 bits per heavy atom. The summed E-state index contributed by atoms with van der Waals surface area (Å²) >= 11 is 6.38. The summed E-state index contributed by atoms with van der Waals surface area (Å²) in [6.45, 7) is 1.15. The van der Waals surface area contributed by atoms with Crippen molar-refractivity contribution in [1.29, 1.82) is 0 Å². The Balaban J connectivity index is 0.00000338. The van der Waals surface area contributed by atoms with Crippen molar-refractivity contribution in [1.82, 2.24) is 9.80 Å². The molecule has 9 heteroatoms. The molecule has 142 valence electrons. The summed E-state index contributed by atoms with van der Waals surface area (Å²) in [7, 11) is 3.78. The van der Waals surface area contributed by atoms with Crippen LogP contribution in [-0.2, 0) is 14.3 Å². The van der Waals surface area contributed by atoms with E-state index in [1.165, 1.54) is 28.8 Å². The van der Waals surface area contributed by atoms with Gasteiger partial charge in [0.1, 0.15) is 16.7 Å². The van der Waals surface area contributed by atoms with Gasteiger partial charge in [-0.1, -0.05) is 36.1 Å². The van der Waals surface area contributed by atoms with Crippen LogP contribution in [0.2, 0.25) is 0 Å². The smallest absolute Gasteiger partial charge is 0.307 e. The fraction of sp³-hybridized carbons (Fsp3) is 0.353. The number of halogens is 2. The number of thioether (sulfide) groups is 1. The molecule has 1 amide bonds. The van der Waals surface area contributed by atoms with Crippen molar-refractivity contribution in [2.75, 3.05) is 33.8 Å². The second-order valence-corrected chi connectivity index (χ2v) is 7.33. The molecule has 5 nitrogen and oxygen atoms in total. The number of ether oxygens (including phenoxy) is 1. The Kier molecular flexibility index (Phi) is 9.21. The second-order valence-electron chi connectivity index (χ2n) is 5.66. The number of carbonyl (C=O) groups excluding carboxylic acids is 2. The normalized spacial score (nSPS) is 15.5. The van der Waals surface area contributed by atoms with Gasteiger partial charge in [-0.25, -0.2) is 4.39 Å². The highest BCUT2D eigenvalue weighted by molar-refractivity contribution is 8.26. The van der Waals surface area contributed by atoms with E-state index >= 15 is 0 Å². The standard InChI is InChI=1S/C17H19FN2O3S2.ClH/c1-19(2)9-10-23-15(21)7-8-20-16(22)14(25-17(20)24)11-12-3-5-13(18)6-4-12;/h3-6,11H,7-10H2,1-2H3;1H. The molecule has 0 saturated carbocycles. The number of benzene rings is 1. The molecule has 1 aliphatic rings. The number of likely N-dealkylation sites (N-methyl/N-ethyl adjacent to an activating group) is 1. The molecule has 0 N–H and O–H groups in total. The molecule has 0 atom stereocenters. The van der Waals surface area contributed by atoms with Gasteiger partial charge in [0, 0.05) is 13.1 Å². The maximum atomic E-state index is 12.9. The van der Waals surface area contributed by atoms with Crippen LogP contribution >= 0.6 is 36.4 Å². The molecule has 0 bridgehead atoms. The van der Waals surface area contributed by atoms with Gasteiger partial charge < -0.3 is 9.64 Å². The lowest BCUT2D eigenvalue weighted by atomic mass is 10.2. The van der Waals surface area contributed by atoms with E-state index < -0.39 is 0 Å². The van der Waals surface area contributed by atoms with Gasteiger partial charge in [-0.15, -0.1) is 12.4 Å². The lowest BCUT2D eigenvalue weighted by molar-refractivity contribution is -0.144. The van der Waals surface area contributed by atoms with E-state index in [9.17, 15) is 14.0 Å². The summed E-state index contributed by atoms with van der Waals surface area (Å²) < 4.78 is 18.4. The quantitative estimate of drug-likeness (QED) is 0.385. The van der Waals surface area contributed by atoms with Crippen LogP contribution in [0.25, 0.3) is 6.08 Å². The lowest BCUT2D eigenvalue weighted by Gasteiger charge is -2.14. The third-order valence-electron chi connectivity index (χ3n) is 3.38. The van der Waals surface area contributed by atoms with E-state index in [1.807, 2.05) is 19.0 Å². The molecular weight excluding hydrogens is 399 g/mol. The number of hydrogen-bond acceptors (Lipinski definition) is 6. The predicted octanol–water partition coefficient (Wildman–Crippen LogP) is 2.94. The fourth-order valence-electron chi connectivity index (χ4n) is 2.02. The molecule has 0 spiro atoms. The summed E-state index contributed by atoms with van der Waals surface area (Å²) in [6, 6.07) is 5.83. The van der Waals surface area contributed by atoms with E-state index in [1.54, 1.807) is 18.2 Å². The zero-order valence-corrected chi connectivity index (χ0v) is 16.9. The minimum atomic E-state index is -0.363. The van der Waals surface area contributed by atoms with Gasteiger partial charge in [0.15, 0.2) is 0 Å². The first-order valence-electron chi connectivity index (χ1n) is 7.68. The summed E-state index contributed by atoms with van der Waals surface area (Å²) in [6.07, 6.45) is 1.75. The SMILES string of the molecule is CN(C)CCOC(=O)CCN1C(=O)C(=Cc2ccc(F)cc2)SC1=S.Cl.